The Kier molecular flexibility index (Phi) is 1.22. The van der Waals surface area contributed by atoms with Gasteiger partial charge in [0.1, 0.15) is 5.65 Å². The predicted molar refractivity (Wildman–Crippen MR) is 52.0 cm³/mol. The Hall–Kier alpha value is -1.77. The summed E-state index contributed by atoms with van der Waals surface area (Å²) in [7, 11) is 0. The van der Waals surface area contributed by atoms with Crippen LogP contribution >= 0.6 is 0 Å². The minimum absolute atomic E-state index is 0.863. The van der Waals surface area contributed by atoms with Crippen LogP contribution in [0.25, 0.3) is 17.1 Å². The number of H-pyrrole nitrogens is 1. The topological polar surface area (TPSA) is 40.7 Å². The Balaban J connectivity index is 2.42. The minimum atomic E-state index is 0.863. The van der Waals surface area contributed by atoms with Gasteiger partial charge in [-0.05, 0) is 24.4 Å². The maximum atomic E-state index is 4.27. The molecule has 3 heteroatoms. The average molecular weight is 171 g/mol. The predicted octanol–water partition coefficient (Wildman–Crippen LogP) is 1.64. The maximum Gasteiger partial charge on any atom is 0.138 e. The lowest BCUT2D eigenvalue weighted by Crippen LogP contribution is -2.09. The first kappa shape index (κ1) is 6.71. The lowest BCUT2D eigenvalue weighted by molar-refractivity contribution is 0.836. The van der Waals surface area contributed by atoms with Crippen molar-refractivity contribution in [1.82, 2.24) is 15.3 Å². The number of aromatic nitrogens is 2. The van der Waals surface area contributed by atoms with E-state index in [1.165, 1.54) is 16.6 Å². The molecular formula is C10H9N3. The van der Waals surface area contributed by atoms with Gasteiger partial charge in [-0.25, -0.2) is 4.98 Å². The molecule has 0 amide bonds. The van der Waals surface area contributed by atoms with E-state index >= 15 is 0 Å². The Morgan fingerprint density at radius 1 is 1.38 bits per heavy atom. The summed E-state index contributed by atoms with van der Waals surface area (Å²) in [5.74, 6) is 0. The van der Waals surface area contributed by atoms with Gasteiger partial charge < -0.3 is 10.3 Å². The maximum absolute atomic E-state index is 4.27. The molecule has 0 spiro atoms. The van der Waals surface area contributed by atoms with Gasteiger partial charge in [0.2, 0.25) is 0 Å². The van der Waals surface area contributed by atoms with Crippen molar-refractivity contribution in [3.63, 3.8) is 0 Å². The molecule has 2 aromatic heterocycles. The van der Waals surface area contributed by atoms with E-state index < -0.39 is 0 Å². The second kappa shape index (κ2) is 2.36. The molecule has 0 bridgehead atoms. The fourth-order valence-corrected chi connectivity index (χ4v) is 1.73. The van der Waals surface area contributed by atoms with Crippen molar-refractivity contribution in [2.24, 2.45) is 0 Å². The van der Waals surface area contributed by atoms with Gasteiger partial charge in [0.25, 0.3) is 0 Å². The van der Waals surface area contributed by atoms with Gasteiger partial charge in [0.05, 0.1) is 6.54 Å². The van der Waals surface area contributed by atoms with E-state index in [0.29, 0.717) is 0 Å². The second-order valence-corrected chi connectivity index (χ2v) is 3.13. The largest absolute Gasteiger partial charge is 0.385 e. The van der Waals surface area contributed by atoms with Crippen molar-refractivity contribution >= 4 is 17.1 Å². The van der Waals surface area contributed by atoms with Crippen molar-refractivity contribution in [3.05, 3.63) is 35.8 Å². The monoisotopic (exact) mass is 171 g/mol. The molecule has 3 heterocycles. The van der Waals surface area contributed by atoms with Crippen molar-refractivity contribution in [2.75, 3.05) is 0 Å². The fraction of sp³-hybridized carbons (Fsp3) is 0.100. The van der Waals surface area contributed by atoms with Gasteiger partial charge in [0.15, 0.2) is 0 Å². The molecule has 0 unspecified atom stereocenters. The molecule has 0 saturated carbocycles. The number of rotatable bonds is 0. The summed E-state index contributed by atoms with van der Waals surface area (Å²) in [6.45, 7) is 0.863. The zero-order valence-corrected chi connectivity index (χ0v) is 7.04. The molecule has 0 radical (unpaired) electrons. The van der Waals surface area contributed by atoms with Crippen LogP contribution in [0.3, 0.4) is 0 Å². The van der Waals surface area contributed by atoms with Gasteiger partial charge in [0, 0.05) is 22.8 Å². The molecular weight excluding hydrogens is 162 g/mol. The highest BCUT2D eigenvalue weighted by molar-refractivity contribution is 5.88. The molecule has 1 aliphatic heterocycles. The summed E-state index contributed by atoms with van der Waals surface area (Å²) in [4.78, 5) is 7.56. The number of pyridine rings is 1. The number of fused-ring (bicyclic) bond motifs is 3. The Morgan fingerprint density at radius 3 is 3.38 bits per heavy atom. The quantitative estimate of drug-likeness (QED) is 0.632. The van der Waals surface area contributed by atoms with Crippen LogP contribution in [0.2, 0.25) is 0 Å². The standard InChI is InChI=1S/C10H9N3/c1-2-8-7-3-5-11-6-9(7)13-10(8)12-4-1/h1-5,11H,6H2,(H,12,13). The zero-order valence-electron chi connectivity index (χ0n) is 7.04. The van der Waals surface area contributed by atoms with E-state index in [0.717, 1.165) is 12.2 Å². The normalized spacial score (nSPS) is 14.2. The highest BCUT2D eigenvalue weighted by atomic mass is 14.9. The third-order valence-electron chi connectivity index (χ3n) is 2.34. The summed E-state index contributed by atoms with van der Waals surface area (Å²) in [6.07, 6.45) is 5.86. The number of nitrogens with zero attached hydrogens (tertiary/aromatic N) is 1. The molecule has 1 aliphatic rings. The van der Waals surface area contributed by atoms with E-state index in [-0.39, 0.29) is 0 Å². The average Bonchev–Trinajstić information content (AvgIpc) is 2.56. The fourth-order valence-electron chi connectivity index (χ4n) is 1.73. The highest BCUT2D eigenvalue weighted by Gasteiger charge is 2.10. The van der Waals surface area contributed by atoms with Crippen molar-refractivity contribution in [2.45, 2.75) is 6.54 Å². The first-order valence-electron chi connectivity index (χ1n) is 4.30. The third kappa shape index (κ3) is 0.869. The number of aromatic amines is 1. The van der Waals surface area contributed by atoms with Gasteiger partial charge >= 0.3 is 0 Å². The number of nitrogens with one attached hydrogen (secondary N) is 2. The summed E-state index contributed by atoms with van der Waals surface area (Å²) in [5, 5.41) is 4.37. The van der Waals surface area contributed by atoms with Crippen LogP contribution in [0, 0.1) is 0 Å². The van der Waals surface area contributed by atoms with Gasteiger partial charge in [-0.3, -0.25) is 0 Å². The molecule has 0 fully saturated rings. The van der Waals surface area contributed by atoms with Gasteiger partial charge in [-0.1, -0.05) is 0 Å². The molecule has 0 saturated heterocycles. The molecule has 0 atom stereocenters. The third-order valence-corrected chi connectivity index (χ3v) is 2.34. The van der Waals surface area contributed by atoms with E-state index in [4.69, 9.17) is 0 Å². The molecule has 0 aliphatic carbocycles. The minimum Gasteiger partial charge on any atom is -0.385 e. The summed E-state index contributed by atoms with van der Waals surface area (Å²) in [5.41, 5.74) is 3.46. The van der Waals surface area contributed by atoms with Crippen LogP contribution in [-0.4, -0.2) is 9.97 Å². The van der Waals surface area contributed by atoms with Crippen LogP contribution in [0.4, 0.5) is 0 Å². The summed E-state index contributed by atoms with van der Waals surface area (Å²) < 4.78 is 0. The van der Waals surface area contributed by atoms with Crippen molar-refractivity contribution < 1.29 is 0 Å². The van der Waals surface area contributed by atoms with Crippen LogP contribution in [0.15, 0.2) is 24.5 Å². The first-order chi connectivity index (χ1) is 6.45. The molecule has 2 N–H and O–H groups in total. The number of hydrogen-bond acceptors (Lipinski definition) is 2. The summed E-state index contributed by atoms with van der Waals surface area (Å²) in [6, 6.07) is 4.06. The van der Waals surface area contributed by atoms with Crippen LogP contribution < -0.4 is 5.32 Å². The highest BCUT2D eigenvalue weighted by Crippen LogP contribution is 2.23. The molecule has 0 aromatic carbocycles. The Morgan fingerprint density at radius 2 is 2.38 bits per heavy atom. The van der Waals surface area contributed by atoms with E-state index in [1.807, 2.05) is 12.3 Å². The van der Waals surface area contributed by atoms with Crippen molar-refractivity contribution in [3.8, 4) is 0 Å². The van der Waals surface area contributed by atoms with Gasteiger partial charge in [-0.2, -0.15) is 0 Å². The Labute approximate surface area is 75.5 Å². The lowest BCUT2D eigenvalue weighted by atomic mass is 10.1. The molecule has 2 aromatic rings. The van der Waals surface area contributed by atoms with E-state index in [2.05, 4.69) is 27.4 Å². The SMILES string of the molecule is C1=Cc2c([nH]c3ncccc23)CN1. The molecule has 3 nitrogen and oxygen atoms in total. The smallest absolute Gasteiger partial charge is 0.138 e. The van der Waals surface area contributed by atoms with E-state index in [1.54, 1.807) is 6.20 Å². The first-order valence-corrected chi connectivity index (χ1v) is 4.30. The Bertz CT molecular complexity index is 482. The second-order valence-electron chi connectivity index (χ2n) is 3.13. The number of hydrogen-bond donors (Lipinski definition) is 2. The van der Waals surface area contributed by atoms with Crippen LogP contribution in [0.1, 0.15) is 11.3 Å². The van der Waals surface area contributed by atoms with Crippen LogP contribution in [0.5, 0.6) is 0 Å². The van der Waals surface area contributed by atoms with E-state index in [9.17, 15) is 0 Å². The lowest BCUT2D eigenvalue weighted by Gasteiger charge is -2.05. The zero-order chi connectivity index (χ0) is 8.67. The molecule has 13 heavy (non-hydrogen) atoms. The molecule has 3 rings (SSSR count). The van der Waals surface area contributed by atoms with Crippen LogP contribution in [-0.2, 0) is 6.54 Å². The summed E-state index contributed by atoms with van der Waals surface area (Å²) >= 11 is 0. The van der Waals surface area contributed by atoms with Crippen molar-refractivity contribution in [1.29, 1.82) is 0 Å². The molecule has 64 valence electrons. The van der Waals surface area contributed by atoms with Gasteiger partial charge in [-0.15, -0.1) is 0 Å².